The Labute approximate surface area is 105 Å². The van der Waals surface area contributed by atoms with Crippen LogP contribution in [0.3, 0.4) is 0 Å². The maximum atomic E-state index is 13.5. The molecule has 5 nitrogen and oxygen atoms in total. The second-order valence-electron chi connectivity index (χ2n) is 3.29. The van der Waals surface area contributed by atoms with Gasteiger partial charge < -0.3 is 16.8 Å². The molecule has 88 valence electrons. The van der Waals surface area contributed by atoms with Gasteiger partial charge in [-0.15, -0.1) is 0 Å². The molecule has 2 aromatic rings. The summed E-state index contributed by atoms with van der Waals surface area (Å²) in [5, 5.41) is 2.77. The number of nitrogens with two attached hydrogens (primary N) is 2. The van der Waals surface area contributed by atoms with Gasteiger partial charge in [-0.3, -0.25) is 0 Å². The number of benzene rings is 1. The van der Waals surface area contributed by atoms with E-state index in [1.54, 1.807) is 12.1 Å². The van der Waals surface area contributed by atoms with Crippen molar-refractivity contribution in [2.75, 3.05) is 16.8 Å². The third kappa shape index (κ3) is 2.82. The van der Waals surface area contributed by atoms with Crippen LogP contribution < -0.4 is 16.8 Å². The minimum absolute atomic E-state index is 0.0324. The van der Waals surface area contributed by atoms with Crippen molar-refractivity contribution in [3.05, 3.63) is 34.6 Å². The van der Waals surface area contributed by atoms with Gasteiger partial charge in [0.1, 0.15) is 17.5 Å². The summed E-state index contributed by atoms with van der Waals surface area (Å²) in [5.74, 6) is 0.189. The Bertz CT molecular complexity index is 540. The van der Waals surface area contributed by atoms with Gasteiger partial charge in [0.25, 0.3) is 0 Å². The first kappa shape index (κ1) is 11.6. The molecule has 2 rings (SSSR count). The fourth-order valence-electron chi connectivity index (χ4n) is 1.28. The molecule has 0 aliphatic heterocycles. The summed E-state index contributed by atoms with van der Waals surface area (Å²) < 4.78 is 14.2. The van der Waals surface area contributed by atoms with Crippen LogP contribution >= 0.6 is 15.9 Å². The normalized spacial score (nSPS) is 10.2. The van der Waals surface area contributed by atoms with Crippen molar-refractivity contribution >= 4 is 39.2 Å². The number of nitrogens with zero attached hydrogens (tertiary/aromatic N) is 2. The smallest absolute Gasteiger partial charge is 0.223 e. The molecule has 0 radical (unpaired) electrons. The molecule has 17 heavy (non-hydrogen) atoms. The lowest BCUT2D eigenvalue weighted by Crippen LogP contribution is -2.03. The lowest BCUT2D eigenvalue weighted by Gasteiger charge is -2.07. The van der Waals surface area contributed by atoms with E-state index in [1.165, 1.54) is 12.1 Å². The summed E-state index contributed by atoms with van der Waals surface area (Å²) in [6.07, 6.45) is 0. The van der Waals surface area contributed by atoms with Crippen molar-refractivity contribution < 1.29 is 4.39 Å². The van der Waals surface area contributed by atoms with E-state index in [-0.39, 0.29) is 17.5 Å². The summed E-state index contributed by atoms with van der Waals surface area (Å²) in [6.45, 7) is 0. The Kier molecular flexibility index (Phi) is 3.10. The van der Waals surface area contributed by atoms with E-state index in [2.05, 4.69) is 31.2 Å². The molecule has 0 saturated carbocycles. The van der Waals surface area contributed by atoms with Gasteiger partial charge in [0.05, 0.1) is 5.69 Å². The maximum Gasteiger partial charge on any atom is 0.223 e. The van der Waals surface area contributed by atoms with E-state index in [1.807, 2.05) is 0 Å². The molecular weight excluding hydrogens is 289 g/mol. The number of rotatable bonds is 2. The van der Waals surface area contributed by atoms with Crippen LogP contribution in [0.1, 0.15) is 0 Å². The van der Waals surface area contributed by atoms with E-state index in [4.69, 9.17) is 11.5 Å². The molecular formula is C10H9BrFN5. The van der Waals surface area contributed by atoms with E-state index < -0.39 is 5.82 Å². The molecule has 1 heterocycles. The van der Waals surface area contributed by atoms with Crippen LogP contribution in [0.25, 0.3) is 0 Å². The maximum absolute atomic E-state index is 13.5. The molecule has 1 aromatic heterocycles. The van der Waals surface area contributed by atoms with Gasteiger partial charge in [0.15, 0.2) is 0 Å². The number of anilines is 4. The molecule has 0 unspecified atom stereocenters. The van der Waals surface area contributed by atoms with Gasteiger partial charge in [-0.25, -0.2) is 4.39 Å². The largest absolute Gasteiger partial charge is 0.383 e. The first-order chi connectivity index (χ1) is 8.04. The molecule has 0 spiro atoms. The van der Waals surface area contributed by atoms with Crippen LogP contribution in [-0.4, -0.2) is 9.97 Å². The molecule has 0 amide bonds. The van der Waals surface area contributed by atoms with Crippen molar-refractivity contribution in [2.45, 2.75) is 0 Å². The molecule has 0 saturated heterocycles. The lowest BCUT2D eigenvalue weighted by atomic mass is 10.3. The molecule has 0 atom stereocenters. The Balaban J connectivity index is 2.31. The third-order valence-electron chi connectivity index (χ3n) is 1.96. The number of aromatic nitrogens is 2. The van der Waals surface area contributed by atoms with E-state index >= 15 is 0 Å². The van der Waals surface area contributed by atoms with E-state index in [9.17, 15) is 4.39 Å². The van der Waals surface area contributed by atoms with Crippen LogP contribution in [-0.2, 0) is 0 Å². The number of hydrogen-bond donors (Lipinski definition) is 3. The highest BCUT2D eigenvalue weighted by molar-refractivity contribution is 9.10. The second-order valence-corrected chi connectivity index (χ2v) is 4.20. The zero-order valence-corrected chi connectivity index (χ0v) is 10.2. The minimum atomic E-state index is -0.407. The molecule has 0 aliphatic carbocycles. The van der Waals surface area contributed by atoms with Crippen LogP contribution in [0.4, 0.5) is 27.7 Å². The Morgan fingerprint density at radius 1 is 1.18 bits per heavy atom. The zero-order valence-electron chi connectivity index (χ0n) is 8.61. The molecule has 7 heteroatoms. The number of nitrogens with one attached hydrogen (secondary N) is 1. The van der Waals surface area contributed by atoms with Crippen LogP contribution in [0, 0.1) is 5.82 Å². The van der Waals surface area contributed by atoms with Gasteiger partial charge in [-0.05, 0) is 18.2 Å². The lowest BCUT2D eigenvalue weighted by molar-refractivity contribution is 0.631. The first-order valence-electron chi connectivity index (χ1n) is 4.67. The molecule has 1 aromatic carbocycles. The van der Waals surface area contributed by atoms with Crippen LogP contribution in [0.5, 0.6) is 0 Å². The van der Waals surface area contributed by atoms with Gasteiger partial charge in [0, 0.05) is 10.5 Å². The van der Waals surface area contributed by atoms with Crippen molar-refractivity contribution in [3.63, 3.8) is 0 Å². The van der Waals surface area contributed by atoms with Gasteiger partial charge in [0.2, 0.25) is 5.95 Å². The van der Waals surface area contributed by atoms with Crippen LogP contribution in [0.15, 0.2) is 28.7 Å². The van der Waals surface area contributed by atoms with E-state index in [0.717, 1.165) is 0 Å². The summed E-state index contributed by atoms with van der Waals surface area (Å²) >= 11 is 3.17. The van der Waals surface area contributed by atoms with Crippen LogP contribution in [0.2, 0.25) is 0 Å². The minimum Gasteiger partial charge on any atom is -0.383 e. The Morgan fingerprint density at radius 3 is 2.59 bits per heavy atom. The number of halogens is 2. The highest BCUT2D eigenvalue weighted by Gasteiger charge is 2.05. The van der Waals surface area contributed by atoms with Gasteiger partial charge in [-0.2, -0.15) is 9.97 Å². The summed E-state index contributed by atoms with van der Waals surface area (Å²) in [5.41, 5.74) is 11.2. The highest BCUT2D eigenvalue weighted by atomic mass is 79.9. The molecule has 0 bridgehead atoms. The standard InChI is InChI=1S/C10H9BrFN5/c11-5-1-2-7(6(12)3-5)15-9-4-8(13)16-10(14)17-9/h1-4H,(H5,13,14,15,16,17). The fraction of sp³-hybridized carbons (Fsp3) is 0. The quantitative estimate of drug-likeness (QED) is 0.791. The highest BCUT2D eigenvalue weighted by Crippen LogP contribution is 2.23. The van der Waals surface area contributed by atoms with Crippen molar-refractivity contribution in [3.8, 4) is 0 Å². The first-order valence-corrected chi connectivity index (χ1v) is 5.46. The van der Waals surface area contributed by atoms with E-state index in [0.29, 0.717) is 10.3 Å². The second kappa shape index (κ2) is 4.54. The SMILES string of the molecule is Nc1cc(Nc2ccc(Br)cc2F)nc(N)n1. The van der Waals surface area contributed by atoms with Gasteiger partial charge >= 0.3 is 0 Å². The third-order valence-corrected chi connectivity index (χ3v) is 2.45. The Hall–Kier alpha value is -1.89. The van der Waals surface area contributed by atoms with Crippen molar-refractivity contribution in [1.82, 2.24) is 9.97 Å². The predicted molar refractivity (Wildman–Crippen MR) is 68.2 cm³/mol. The summed E-state index contributed by atoms with van der Waals surface area (Å²) in [7, 11) is 0. The molecule has 0 fully saturated rings. The average molecular weight is 298 g/mol. The van der Waals surface area contributed by atoms with Crippen molar-refractivity contribution in [1.29, 1.82) is 0 Å². The number of hydrogen-bond acceptors (Lipinski definition) is 5. The molecule has 0 aliphatic rings. The Morgan fingerprint density at radius 2 is 1.94 bits per heavy atom. The predicted octanol–water partition coefficient (Wildman–Crippen LogP) is 2.29. The average Bonchev–Trinajstić information content (AvgIpc) is 2.21. The van der Waals surface area contributed by atoms with Gasteiger partial charge in [-0.1, -0.05) is 15.9 Å². The monoisotopic (exact) mass is 297 g/mol. The summed E-state index contributed by atoms with van der Waals surface area (Å²) in [6, 6.07) is 6.10. The summed E-state index contributed by atoms with van der Waals surface area (Å²) in [4.78, 5) is 7.61. The molecule has 5 N–H and O–H groups in total. The topological polar surface area (TPSA) is 89.8 Å². The van der Waals surface area contributed by atoms with Crippen molar-refractivity contribution in [2.24, 2.45) is 0 Å². The fourth-order valence-corrected chi connectivity index (χ4v) is 1.61. The number of nitrogen functional groups attached to an aromatic ring is 2. The zero-order chi connectivity index (χ0) is 12.4.